The number of hydrogen-bond acceptors (Lipinski definition) is 3. The number of benzene rings is 1. The standard InChI is InChI=1S/C17H20BrNO2/c1-11-8-9-19-16(15(11)18)21-14-7-6-12(20-5)10-13(14)17(2,3)4/h6-10H,1-5H3. The molecule has 1 aromatic carbocycles. The van der Waals surface area contributed by atoms with E-state index in [9.17, 15) is 0 Å². The first kappa shape index (κ1) is 15.8. The lowest BCUT2D eigenvalue weighted by molar-refractivity contribution is 0.405. The number of methoxy groups -OCH3 is 1. The molecule has 112 valence electrons. The molecule has 0 aliphatic rings. The average Bonchev–Trinajstić information content (AvgIpc) is 2.43. The van der Waals surface area contributed by atoms with Crippen LogP contribution in [0.2, 0.25) is 0 Å². The van der Waals surface area contributed by atoms with E-state index in [1.807, 2.05) is 31.2 Å². The number of hydrogen-bond donors (Lipinski definition) is 0. The summed E-state index contributed by atoms with van der Waals surface area (Å²) in [5, 5.41) is 0. The molecule has 0 saturated heterocycles. The first-order valence-electron chi connectivity index (χ1n) is 6.80. The highest BCUT2D eigenvalue weighted by atomic mass is 79.9. The minimum absolute atomic E-state index is 0.0554. The fourth-order valence-electron chi connectivity index (χ4n) is 2.00. The second-order valence-corrected chi connectivity index (χ2v) is 6.75. The Morgan fingerprint density at radius 3 is 2.48 bits per heavy atom. The maximum atomic E-state index is 6.03. The van der Waals surface area contributed by atoms with E-state index in [1.165, 1.54) is 0 Å². The summed E-state index contributed by atoms with van der Waals surface area (Å²) in [6, 6.07) is 7.78. The number of aromatic nitrogens is 1. The van der Waals surface area contributed by atoms with Crippen LogP contribution in [0.4, 0.5) is 0 Å². The Morgan fingerprint density at radius 1 is 1.14 bits per heavy atom. The van der Waals surface area contributed by atoms with Gasteiger partial charge in [0.05, 0.1) is 11.6 Å². The molecule has 0 atom stereocenters. The van der Waals surface area contributed by atoms with Crippen LogP contribution in [0.25, 0.3) is 0 Å². The summed E-state index contributed by atoms with van der Waals surface area (Å²) in [4.78, 5) is 4.30. The monoisotopic (exact) mass is 349 g/mol. The second kappa shape index (κ2) is 6.06. The van der Waals surface area contributed by atoms with Crippen LogP contribution >= 0.6 is 15.9 Å². The Bertz CT molecular complexity index is 648. The van der Waals surface area contributed by atoms with E-state index >= 15 is 0 Å². The minimum Gasteiger partial charge on any atom is -0.497 e. The van der Waals surface area contributed by atoms with Crippen molar-refractivity contribution in [2.75, 3.05) is 7.11 Å². The highest BCUT2D eigenvalue weighted by Gasteiger charge is 2.21. The molecule has 2 aromatic rings. The van der Waals surface area contributed by atoms with Crippen LogP contribution < -0.4 is 9.47 Å². The highest BCUT2D eigenvalue weighted by molar-refractivity contribution is 9.10. The Kier molecular flexibility index (Phi) is 4.57. The minimum atomic E-state index is -0.0554. The molecule has 2 rings (SSSR count). The fourth-order valence-corrected chi connectivity index (χ4v) is 2.32. The molecule has 0 bridgehead atoms. The van der Waals surface area contributed by atoms with Crippen molar-refractivity contribution in [2.45, 2.75) is 33.1 Å². The topological polar surface area (TPSA) is 31.4 Å². The van der Waals surface area contributed by atoms with E-state index in [-0.39, 0.29) is 5.41 Å². The first-order valence-corrected chi connectivity index (χ1v) is 7.59. The second-order valence-electron chi connectivity index (χ2n) is 5.96. The molecule has 0 radical (unpaired) electrons. The summed E-state index contributed by atoms with van der Waals surface area (Å²) in [6.07, 6.45) is 1.75. The SMILES string of the molecule is COc1ccc(Oc2nccc(C)c2Br)c(C(C)(C)C)c1. The van der Waals surface area contributed by atoms with E-state index in [4.69, 9.17) is 9.47 Å². The molecule has 1 heterocycles. The molecule has 0 saturated carbocycles. The van der Waals surface area contributed by atoms with Crippen molar-refractivity contribution in [3.8, 4) is 17.4 Å². The molecular formula is C17H20BrNO2. The summed E-state index contributed by atoms with van der Waals surface area (Å²) in [7, 11) is 1.67. The largest absolute Gasteiger partial charge is 0.497 e. The van der Waals surface area contributed by atoms with Gasteiger partial charge in [-0.3, -0.25) is 0 Å². The van der Waals surface area contributed by atoms with Gasteiger partial charge in [-0.1, -0.05) is 20.8 Å². The molecule has 0 aliphatic heterocycles. The molecule has 0 aliphatic carbocycles. The fraction of sp³-hybridized carbons (Fsp3) is 0.353. The number of ether oxygens (including phenoxy) is 2. The van der Waals surface area contributed by atoms with E-state index in [0.717, 1.165) is 27.1 Å². The Hall–Kier alpha value is -1.55. The lowest BCUT2D eigenvalue weighted by atomic mass is 9.86. The van der Waals surface area contributed by atoms with Gasteiger partial charge < -0.3 is 9.47 Å². The van der Waals surface area contributed by atoms with Crippen molar-refractivity contribution in [1.29, 1.82) is 0 Å². The van der Waals surface area contributed by atoms with Crippen molar-refractivity contribution in [2.24, 2.45) is 0 Å². The first-order chi connectivity index (χ1) is 9.82. The van der Waals surface area contributed by atoms with Crippen LogP contribution in [0.1, 0.15) is 31.9 Å². The van der Waals surface area contributed by atoms with Gasteiger partial charge in [0, 0.05) is 11.8 Å². The summed E-state index contributed by atoms with van der Waals surface area (Å²) in [5.41, 5.74) is 2.11. The Balaban J connectivity index is 2.46. The molecule has 0 fully saturated rings. The predicted molar refractivity (Wildman–Crippen MR) is 88.4 cm³/mol. The number of nitrogens with zero attached hydrogens (tertiary/aromatic N) is 1. The van der Waals surface area contributed by atoms with Crippen molar-refractivity contribution in [3.63, 3.8) is 0 Å². The van der Waals surface area contributed by atoms with Crippen molar-refractivity contribution in [3.05, 3.63) is 46.1 Å². The van der Waals surface area contributed by atoms with Gasteiger partial charge in [0.15, 0.2) is 0 Å². The summed E-state index contributed by atoms with van der Waals surface area (Å²) in [5.74, 6) is 2.19. The number of halogens is 1. The maximum Gasteiger partial charge on any atom is 0.233 e. The predicted octanol–water partition coefficient (Wildman–Crippen LogP) is 5.25. The Morgan fingerprint density at radius 2 is 1.86 bits per heavy atom. The van der Waals surface area contributed by atoms with Crippen LogP contribution in [0, 0.1) is 6.92 Å². The third-order valence-electron chi connectivity index (χ3n) is 3.25. The van der Waals surface area contributed by atoms with Crippen LogP contribution in [0.5, 0.6) is 17.4 Å². The number of aryl methyl sites for hydroxylation is 1. The van der Waals surface area contributed by atoms with E-state index < -0.39 is 0 Å². The zero-order valence-electron chi connectivity index (χ0n) is 13.0. The van der Waals surface area contributed by atoms with Crippen molar-refractivity contribution >= 4 is 15.9 Å². The average molecular weight is 350 g/mol. The quantitative estimate of drug-likeness (QED) is 0.758. The van der Waals surface area contributed by atoms with Crippen molar-refractivity contribution in [1.82, 2.24) is 4.98 Å². The maximum absolute atomic E-state index is 6.03. The van der Waals surface area contributed by atoms with Gasteiger partial charge in [0.1, 0.15) is 11.5 Å². The number of rotatable bonds is 3. The van der Waals surface area contributed by atoms with Gasteiger partial charge in [-0.15, -0.1) is 0 Å². The molecular weight excluding hydrogens is 330 g/mol. The lowest BCUT2D eigenvalue weighted by Gasteiger charge is -2.23. The Labute approximate surface area is 134 Å². The molecule has 3 nitrogen and oxygen atoms in total. The van der Waals surface area contributed by atoms with Crippen LogP contribution in [0.3, 0.4) is 0 Å². The molecule has 0 unspecified atom stereocenters. The summed E-state index contributed by atoms with van der Waals surface area (Å²) in [6.45, 7) is 8.45. The summed E-state index contributed by atoms with van der Waals surface area (Å²) < 4.78 is 12.2. The van der Waals surface area contributed by atoms with Gasteiger partial charge in [-0.2, -0.15) is 0 Å². The summed E-state index contributed by atoms with van der Waals surface area (Å²) >= 11 is 3.53. The van der Waals surface area contributed by atoms with Gasteiger partial charge in [0.25, 0.3) is 0 Å². The third-order valence-corrected chi connectivity index (χ3v) is 4.22. The van der Waals surface area contributed by atoms with Gasteiger partial charge in [-0.25, -0.2) is 4.98 Å². The normalized spacial score (nSPS) is 11.3. The van der Waals surface area contributed by atoms with E-state index in [1.54, 1.807) is 13.3 Å². The third kappa shape index (κ3) is 3.56. The van der Waals surface area contributed by atoms with E-state index in [0.29, 0.717) is 5.88 Å². The van der Waals surface area contributed by atoms with Crippen LogP contribution in [-0.2, 0) is 5.41 Å². The van der Waals surface area contributed by atoms with Crippen LogP contribution in [0.15, 0.2) is 34.9 Å². The molecule has 4 heteroatoms. The molecule has 0 amide bonds. The van der Waals surface area contributed by atoms with Gasteiger partial charge >= 0.3 is 0 Å². The molecule has 1 aromatic heterocycles. The van der Waals surface area contributed by atoms with Crippen LogP contribution in [-0.4, -0.2) is 12.1 Å². The molecule has 0 spiro atoms. The highest BCUT2D eigenvalue weighted by Crippen LogP contribution is 2.38. The number of pyridine rings is 1. The smallest absolute Gasteiger partial charge is 0.233 e. The lowest BCUT2D eigenvalue weighted by Crippen LogP contribution is -2.13. The van der Waals surface area contributed by atoms with Gasteiger partial charge in [-0.05, 0) is 58.1 Å². The zero-order valence-corrected chi connectivity index (χ0v) is 14.6. The molecule has 0 N–H and O–H groups in total. The zero-order chi connectivity index (χ0) is 15.6. The van der Waals surface area contributed by atoms with Gasteiger partial charge in [0.2, 0.25) is 5.88 Å². The van der Waals surface area contributed by atoms with Crippen molar-refractivity contribution < 1.29 is 9.47 Å². The van der Waals surface area contributed by atoms with E-state index in [2.05, 4.69) is 41.7 Å². The molecule has 21 heavy (non-hydrogen) atoms.